The maximum atomic E-state index is 13.3. The summed E-state index contributed by atoms with van der Waals surface area (Å²) in [5.74, 6) is -0.245. The molecule has 16 heavy (non-hydrogen) atoms. The fourth-order valence-corrected chi connectivity index (χ4v) is 1.93. The Balaban J connectivity index is 2.81. The van der Waals surface area contributed by atoms with Crippen LogP contribution in [0.4, 0.5) is 4.39 Å². The number of aliphatic hydroxyl groups excluding tert-OH is 1. The van der Waals surface area contributed by atoms with E-state index in [0.29, 0.717) is 23.6 Å². The van der Waals surface area contributed by atoms with Crippen LogP contribution in [0.3, 0.4) is 0 Å². The zero-order valence-corrected chi connectivity index (χ0v) is 11.2. The van der Waals surface area contributed by atoms with Gasteiger partial charge in [-0.3, -0.25) is 4.90 Å². The second kappa shape index (κ2) is 6.33. The predicted molar refractivity (Wildman–Crippen MR) is 66.7 cm³/mol. The normalized spacial score (nSPS) is 11.4. The molecule has 1 aromatic carbocycles. The zero-order valence-electron chi connectivity index (χ0n) is 9.58. The fraction of sp³-hybridized carbons (Fsp3) is 0.500. The summed E-state index contributed by atoms with van der Waals surface area (Å²) in [7, 11) is 0. The molecule has 0 aliphatic heterocycles. The van der Waals surface area contributed by atoms with Crippen LogP contribution in [0.1, 0.15) is 19.4 Å². The van der Waals surface area contributed by atoms with E-state index in [4.69, 9.17) is 5.11 Å². The van der Waals surface area contributed by atoms with Gasteiger partial charge in [0.15, 0.2) is 0 Å². The molecule has 1 rings (SSSR count). The van der Waals surface area contributed by atoms with Crippen molar-refractivity contribution in [2.45, 2.75) is 26.4 Å². The molecule has 0 bridgehead atoms. The Morgan fingerprint density at radius 2 is 2.12 bits per heavy atom. The molecule has 2 nitrogen and oxygen atoms in total. The van der Waals surface area contributed by atoms with Crippen LogP contribution in [-0.2, 0) is 6.54 Å². The first-order valence-corrected chi connectivity index (χ1v) is 6.13. The minimum absolute atomic E-state index is 0.116. The van der Waals surface area contributed by atoms with Gasteiger partial charge in [-0.25, -0.2) is 4.39 Å². The number of aliphatic hydroxyl groups is 1. The standard InChI is InChI=1S/C12H17BrFNO/c1-9(2)15(6-7-16)8-10-4-3-5-11(14)12(10)13/h3-5,9,16H,6-8H2,1-2H3. The van der Waals surface area contributed by atoms with Crippen LogP contribution in [0.15, 0.2) is 22.7 Å². The van der Waals surface area contributed by atoms with Gasteiger partial charge in [-0.1, -0.05) is 12.1 Å². The minimum Gasteiger partial charge on any atom is -0.395 e. The van der Waals surface area contributed by atoms with E-state index in [2.05, 4.69) is 34.7 Å². The molecule has 0 spiro atoms. The Bertz CT molecular complexity index is 344. The fourth-order valence-electron chi connectivity index (χ4n) is 1.54. The van der Waals surface area contributed by atoms with E-state index in [-0.39, 0.29) is 12.4 Å². The van der Waals surface area contributed by atoms with E-state index in [9.17, 15) is 4.39 Å². The average molecular weight is 290 g/mol. The highest BCUT2D eigenvalue weighted by Crippen LogP contribution is 2.22. The molecule has 0 radical (unpaired) electrons. The van der Waals surface area contributed by atoms with Crippen LogP contribution >= 0.6 is 15.9 Å². The molecule has 0 aliphatic rings. The third-order valence-electron chi connectivity index (χ3n) is 2.52. The highest BCUT2D eigenvalue weighted by Gasteiger charge is 2.12. The predicted octanol–water partition coefficient (Wildman–Crippen LogP) is 2.79. The van der Waals surface area contributed by atoms with Gasteiger partial charge in [0, 0.05) is 19.1 Å². The molecule has 0 amide bonds. The smallest absolute Gasteiger partial charge is 0.137 e. The van der Waals surface area contributed by atoms with Gasteiger partial charge in [-0.15, -0.1) is 0 Å². The lowest BCUT2D eigenvalue weighted by Gasteiger charge is -2.26. The van der Waals surface area contributed by atoms with E-state index in [1.165, 1.54) is 6.07 Å². The summed E-state index contributed by atoms with van der Waals surface area (Å²) in [6.45, 7) is 5.47. The second-order valence-corrected chi connectivity index (χ2v) is 4.79. The van der Waals surface area contributed by atoms with E-state index in [0.717, 1.165) is 5.56 Å². The molecule has 0 saturated carbocycles. The van der Waals surface area contributed by atoms with Crippen molar-refractivity contribution >= 4 is 15.9 Å². The summed E-state index contributed by atoms with van der Waals surface area (Å²) in [5, 5.41) is 8.96. The number of halogens is 2. The molecule has 0 aliphatic carbocycles. The summed E-state index contributed by atoms with van der Waals surface area (Å²) in [5.41, 5.74) is 0.905. The Morgan fingerprint density at radius 1 is 1.44 bits per heavy atom. The van der Waals surface area contributed by atoms with E-state index >= 15 is 0 Å². The maximum Gasteiger partial charge on any atom is 0.137 e. The molecule has 4 heteroatoms. The van der Waals surface area contributed by atoms with Crippen molar-refractivity contribution in [3.05, 3.63) is 34.1 Å². The van der Waals surface area contributed by atoms with Crippen LogP contribution in [0.25, 0.3) is 0 Å². The third kappa shape index (κ3) is 3.54. The minimum atomic E-state index is -0.245. The highest BCUT2D eigenvalue weighted by atomic mass is 79.9. The van der Waals surface area contributed by atoms with Crippen LogP contribution < -0.4 is 0 Å². The molecule has 1 N–H and O–H groups in total. The molecule has 0 fully saturated rings. The molecule has 0 atom stereocenters. The summed E-state index contributed by atoms with van der Waals surface area (Å²) < 4.78 is 13.8. The van der Waals surface area contributed by atoms with Gasteiger partial charge >= 0.3 is 0 Å². The summed E-state index contributed by atoms with van der Waals surface area (Å²) >= 11 is 3.24. The van der Waals surface area contributed by atoms with Crippen molar-refractivity contribution in [1.82, 2.24) is 4.90 Å². The average Bonchev–Trinajstić information content (AvgIpc) is 2.23. The van der Waals surface area contributed by atoms with Gasteiger partial charge in [-0.2, -0.15) is 0 Å². The van der Waals surface area contributed by atoms with Crippen LogP contribution in [0.5, 0.6) is 0 Å². The molecule has 90 valence electrons. The maximum absolute atomic E-state index is 13.3. The van der Waals surface area contributed by atoms with Crippen LogP contribution in [0, 0.1) is 5.82 Å². The molecule has 0 aromatic heterocycles. The van der Waals surface area contributed by atoms with Crippen molar-refractivity contribution in [3.63, 3.8) is 0 Å². The van der Waals surface area contributed by atoms with Gasteiger partial charge in [0.25, 0.3) is 0 Å². The monoisotopic (exact) mass is 289 g/mol. The second-order valence-electron chi connectivity index (χ2n) is 4.00. The molecule has 0 heterocycles. The molecule has 1 aromatic rings. The van der Waals surface area contributed by atoms with Crippen molar-refractivity contribution < 1.29 is 9.50 Å². The lowest BCUT2D eigenvalue weighted by molar-refractivity contribution is 0.159. The van der Waals surface area contributed by atoms with Crippen LogP contribution in [-0.4, -0.2) is 29.2 Å². The van der Waals surface area contributed by atoms with Crippen molar-refractivity contribution in [1.29, 1.82) is 0 Å². The molecular weight excluding hydrogens is 273 g/mol. The van der Waals surface area contributed by atoms with E-state index in [1.807, 2.05) is 6.07 Å². The topological polar surface area (TPSA) is 23.5 Å². The molecule has 0 saturated heterocycles. The SMILES string of the molecule is CC(C)N(CCO)Cc1cccc(F)c1Br. The Labute approximate surface area is 104 Å². The van der Waals surface area contributed by atoms with Gasteiger partial charge in [-0.05, 0) is 41.4 Å². The summed E-state index contributed by atoms with van der Waals surface area (Å²) in [4.78, 5) is 2.10. The van der Waals surface area contributed by atoms with Gasteiger partial charge < -0.3 is 5.11 Å². The lowest BCUT2D eigenvalue weighted by atomic mass is 10.2. The van der Waals surface area contributed by atoms with Crippen LogP contribution in [0.2, 0.25) is 0 Å². The zero-order chi connectivity index (χ0) is 12.1. The Kier molecular flexibility index (Phi) is 5.38. The summed E-state index contributed by atoms with van der Waals surface area (Å²) in [6.07, 6.45) is 0. The Morgan fingerprint density at radius 3 is 2.69 bits per heavy atom. The van der Waals surface area contributed by atoms with Crippen molar-refractivity contribution in [2.24, 2.45) is 0 Å². The third-order valence-corrected chi connectivity index (χ3v) is 3.41. The number of hydrogen-bond acceptors (Lipinski definition) is 2. The molecular formula is C12H17BrFNO. The van der Waals surface area contributed by atoms with Crippen molar-refractivity contribution in [3.8, 4) is 0 Å². The molecule has 0 unspecified atom stereocenters. The largest absolute Gasteiger partial charge is 0.395 e. The number of hydrogen-bond donors (Lipinski definition) is 1. The first-order chi connectivity index (χ1) is 7.56. The number of nitrogens with zero attached hydrogens (tertiary/aromatic N) is 1. The first kappa shape index (κ1) is 13.6. The van der Waals surface area contributed by atoms with Gasteiger partial charge in [0.05, 0.1) is 11.1 Å². The number of rotatable bonds is 5. The first-order valence-electron chi connectivity index (χ1n) is 5.34. The van der Waals surface area contributed by atoms with Crippen molar-refractivity contribution in [2.75, 3.05) is 13.2 Å². The quantitative estimate of drug-likeness (QED) is 0.901. The summed E-state index contributed by atoms with van der Waals surface area (Å²) in [6, 6.07) is 5.34. The number of benzene rings is 1. The van der Waals surface area contributed by atoms with E-state index in [1.54, 1.807) is 6.07 Å². The van der Waals surface area contributed by atoms with E-state index < -0.39 is 0 Å². The highest BCUT2D eigenvalue weighted by molar-refractivity contribution is 9.10. The van der Waals surface area contributed by atoms with Gasteiger partial charge in [0.1, 0.15) is 5.82 Å². The Hall–Kier alpha value is -0.450. The van der Waals surface area contributed by atoms with Gasteiger partial charge in [0.2, 0.25) is 0 Å². The lowest BCUT2D eigenvalue weighted by Crippen LogP contribution is -2.33.